The number of nitrogens with zero attached hydrogens (tertiary/aromatic N) is 3. The van der Waals surface area contributed by atoms with E-state index in [4.69, 9.17) is 0 Å². The Balaban J connectivity index is 1.74. The third-order valence-electron chi connectivity index (χ3n) is 4.45. The van der Waals surface area contributed by atoms with Crippen molar-refractivity contribution in [2.24, 2.45) is 10.2 Å². The first-order valence-corrected chi connectivity index (χ1v) is 9.49. The van der Waals surface area contributed by atoms with Gasteiger partial charge in [0, 0.05) is 9.86 Å². The standard InChI is InChI=1S/C22H16BrN3O2/c23-18-12-6-4-10-16(18)21(27)25-24-20-17-11-5-7-13-19(17)26(22(20)28)14-15-8-2-1-3-9-15/h1-13,28H,14H2. The molecule has 0 bridgehead atoms. The van der Waals surface area contributed by atoms with Gasteiger partial charge in [-0.15, -0.1) is 10.2 Å². The highest BCUT2D eigenvalue weighted by Crippen LogP contribution is 2.39. The molecule has 3 aromatic carbocycles. The van der Waals surface area contributed by atoms with Crippen molar-refractivity contribution >= 4 is 38.4 Å². The molecule has 0 aliphatic carbocycles. The lowest BCUT2D eigenvalue weighted by Crippen LogP contribution is -1.98. The number of carbonyl (C=O) groups excluding carboxylic acids is 1. The summed E-state index contributed by atoms with van der Waals surface area (Å²) in [6.45, 7) is 0.487. The number of aromatic nitrogens is 1. The van der Waals surface area contributed by atoms with E-state index in [1.165, 1.54) is 0 Å². The Labute approximate surface area is 170 Å². The summed E-state index contributed by atoms with van der Waals surface area (Å²) in [5, 5.41) is 19.5. The van der Waals surface area contributed by atoms with Gasteiger partial charge in [0.1, 0.15) is 0 Å². The molecule has 6 heteroatoms. The maximum Gasteiger partial charge on any atom is 0.296 e. The van der Waals surface area contributed by atoms with Crippen LogP contribution in [0.3, 0.4) is 0 Å². The van der Waals surface area contributed by atoms with Gasteiger partial charge in [0.05, 0.1) is 17.6 Å². The summed E-state index contributed by atoms with van der Waals surface area (Å²) in [6, 6.07) is 24.4. The van der Waals surface area contributed by atoms with E-state index in [0.717, 1.165) is 16.5 Å². The molecule has 0 spiro atoms. The third-order valence-corrected chi connectivity index (χ3v) is 5.14. The average molecular weight is 434 g/mol. The van der Waals surface area contributed by atoms with Gasteiger partial charge in [0.2, 0.25) is 5.88 Å². The molecule has 0 radical (unpaired) electrons. The lowest BCUT2D eigenvalue weighted by atomic mass is 10.2. The topological polar surface area (TPSA) is 66.9 Å². The van der Waals surface area contributed by atoms with Crippen molar-refractivity contribution in [1.29, 1.82) is 0 Å². The van der Waals surface area contributed by atoms with E-state index in [0.29, 0.717) is 16.6 Å². The first-order chi connectivity index (χ1) is 13.6. The lowest BCUT2D eigenvalue weighted by Gasteiger charge is -2.06. The Hall–Kier alpha value is -3.25. The molecular formula is C22H16BrN3O2. The molecule has 4 rings (SSSR count). The minimum atomic E-state index is -0.480. The minimum absolute atomic E-state index is 0.0197. The van der Waals surface area contributed by atoms with Crippen LogP contribution in [0.2, 0.25) is 0 Å². The summed E-state index contributed by atoms with van der Waals surface area (Å²) < 4.78 is 2.41. The monoisotopic (exact) mass is 433 g/mol. The fraction of sp³-hybridized carbons (Fsp3) is 0.0455. The van der Waals surface area contributed by atoms with Crippen LogP contribution in [0, 0.1) is 0 Å². The summed E-state index contributed by atoms with van der Waals surface area (Å²) in [5.74, 6) is -0.500. The molecule has 28 heavy (non-hydrogen) atoms. The van der Waals surface area contributed by atoms with Gasteiger partial charge in [-0.1, -0.05) is 60.7 Å². The second-order valence-electron chi connectivity index (χ2n) is 6.25. The van der Waals surface area contributed by atoms with E-state index in [1.54, 1.807) is 22.8 Å². The molecule has 0 saturated carbocycles. The largest absolute Gasteiger partial charge is 0.493 e. The lowest BCUT2D eigenvalue weighted by molar-refractivity contribution is 0.0994. The van der Waals surface area contributed by atoms with E-state index in [2.05, 4.69) is 26.2 Å². The molecule has 1 amide bonds. The maximum atomic E-state index is 12.4. The number of halogens is 1. The van der Waals surface area contributed by atoms with Crippen LogP contribution in [0.15, 0.2) is 93.6 Å². The van der Waals surface area contributed by atoms with Crippen molar-refractivity contribution in [2.45, 2.75) is 6.54 Å². The van der Waals surface area contributed by atoms with E-state index < -0.39 is 5.91 Å². The molecule has 1 heterocycles. The van der Waals surface area contributed by atoms with Crippen LogP contribution >= 0.6 is 15.9 Å². The van der Waals surface area contributed by atoms with Crippen LogP contribution in [0.25, 0.3) is 10.9 Å². The highest BCUT2D eigenvalue weighted by atomic mass is 79.9. The normalized spacial score (nSPS) is 11.3. The van der Waals surface area contributed by atoms with Crippen molar-refractivity contribution < 1.29 is 9.90 Å². The van der Waals surface area contributed by atoms with Gasteiger partial charge in [-0.25, -0.2) is 0 Å². The van der Waals surface area contributed by atoms with Crippen molar-refractivity contribution in [2.75, 3.05) is 0 Å². The Morgan fingerprint density at radius 3 is 2.39 bits per heavy atom. The summed E-state index contributed by atoms with van der Waals surface area (Å²) >= 11 is 3.34. The van der Waals surface area contributed by atoms with Crippen LogP contribution in [0.1, 0.15) is 15.9 Å². The number of hydrogen-bond donors (Lipinski definition) is 1. The number of fused-ring (bicyclic) bond motifs is 1. The number of amides is 1. The van der Waals surface area contributed by atoms with Gasteiger partial charge < -0.3 is 9.67 Å². The molecule has 0 aliphatic rings. The predicted octanol–water partition coefficient (Wildman–Crippen LogP) is 6.08. The molecule has 0 unspecified atom stereocenters. The number of benzene rings is 3. The first kappa shape index (κ1) is 18.1. The molecule has 0 aliphatic heterocycles. The van der Waals surface area contributed by atoms with E-state index in [1.807, 2.05) is 60.7 Å². The van der Waals surface area contributed by atoms with Crippen LogP contribution in [0.5, 0.6) is 5.88 Å². The van der Waals surface area contributed by atoms with E-state index in [-0.39, 0.29) is 11.6 Å². The molecular weight excluding hydrogens is 418 g/mol. The number of carbonyl (C=O) groups is 1. The molecule has 5 nitrogen and oxygen atoms in total. The predicted molar refractivity (Wildman–Crippen MR) is 112 cm³/mol. The summed E-state index contributed by atoms with van der Waals surface area (Å²) in [4.78, 5) is 12.4. The van der Waals surface area contributed by atoms with Crippen molar-refractivity contribution in [1.82, 2.24) is 4.57 Å². The Morgan fingerprint density at radius 2 is 1.61 bits per heavy atom. The molecule has 0 saturated heterocycles. The van der Waals surface area contributed by atoms with Crippen molar-refractivity contribution in [3.05, 3.63) is 94.5 Å². The second-order valence-corrected chi connectivity index (χ2v) is 7.10. The van der Waals surface area contributed by atoms with Crippen LogP contribution in [-0.4, -0.2) is 15.6 Å². The van der Waals surface area contributed by atoms with Crippen molar-refractivity contribution in [3.8, 4) is 5.88 Å². The van der Waals surface area contributed by atoms with Gasteiger partial charge in [-0.3, -0.25) is 4.79 Å². The molecule has 0 fully saturated rings. The number of hydrogen-bond acceptors (Lipinski definition) is 3. The number of rotatable bonds is 4. The maximum absolute atomic E-state index is 12.4. The Morgan fingerprint density at radius 1 is 0.929 bits per heavy atom. The molecule has 1 aromatic heterocycles. The second kappa shape index (κ2) is 7.78. The molecule has 138 valence electrons. The fourth-order valence-corrected chi connectivity index (χ4v) is 3.53. The van der Waals surface area contributed by atoms with Gasteiger partial charge in [0.25, 0.3) is 5.91 Å². The average Bonchev–Trinajstić information content (AvgIpc) is 2.99. The number of azo groups is 1. The highest BCUT2D eigenvalue weighted by molar-refractivity contribution is 9.10. The third kappa shape index (κ3) is 3.46. The fourth-order valence-electron chi connectivity index (χ4n) is 3.08. The quantitative estimate of drug-likeness (QED) is 0.396. The zero-order valence-electron chi connectivity index (χ0n) is 14.8. The van der Waals surface area contributed by atoms with Crippen LogP contribution in [0.4, 0.5) is 5.69 Å². The Kier molecular flexibility index (Phi) is 5.04. The van der Waals surface area contributed by atoms with E-state index >= 15 is 0 Å². The minimum Gasteiger partial charge on any atom is -0.493 e. The molecule has 4 aromatic rings. The summed E-state index contributed by atoms with van der Waals surface area (Å²) in [6.07, 6.45) is 0. The summed E-state index contributed by atoms with van der Waals surface area (Å²) in [7, 11) is 0. The number of aromatic hydroxyl groups is 1. The first-order valence-electron chi connectivity index (χ1n) is 8.70. The SMILES string of the molecule is O=C(N=Nc1c(O)n(Cc2ccccc2)c2ccccc12)c1ccccc1Br. The molecule has 1 N–H and O–H groups in total. The zero-order chi connectivity index (χ0) is 19.5. The highest BCUT2D eigenvalue weighted by Gasteiger charge is 2.17. The van der Waals surface area contributed by atoms with Gasteiger partial charge in [-0.05, 0) is 39.7 Å². The summed E-state index contributed by atoms with van der Waals surface area (Å²) in [5.41, 5.74) is 2.57. The van der Waals surface area contributed by atoms with Crippen molar-refractivity contribution in [3.63, 3.8) is 0 Å². The van der Waals surface area contributed by atoms with Gasteiger partial charge >= 0.3 is 0 Å². The van der Waals surface area contributed by atoms with Crippen LogP contribution < -0.4 is 0 Å². The van der Waals surface area contributed by atoms with Gasteiger partial charge in [-0.2, -0.15) is 0 Å². The Bertz CT molecular complexity index is 1180. The van der Waals surface area contributed by atoms with E-state index in [9.17, 15) is 9.90 Å². The van der Waals surface area contributed by atoms with Crippen LogP contribution in [-0.2, 0) is 6.54 Å². The van der Waals surface area contributed by atoms with Gasteiger partial charge in [0.15, 0.2) is 5.69 Å². The number of para-hydroxylation sites is 1. The smallest absolute Gasteiger partial charge is 0.296 e. The molecule has 0 atom stereocenters. The zero-order valence-corrected chi connectivity index (χ0v) is 16.4.